The maximum atomic E-state index is 12.9. The average Bonchev–Trinajstić information content (AvgIpc) is 3.37. The third-order valence-corrected chi connectivity index (χ3v) is 5.08. The summed E-state index contributed by atoms with van der Waals surface area (Å²) in [6.45, 7) is 0. The molecule has 144 valence electrons. The van der Waals surface area contributed by atoms with Crippen LogP contribution in [0.1, 0.15) is 39.6 Å². The maximum Gasteiger partial charge on any atom is 0.312 e. The van der Waals surface area contributed by atoms with E-state index in [4.69, 9.17) is 18.6 Å². The number of methoxy groups -OCH3 is 1. The lowest BCUT2D eigenvalue weighted by molar-refractivity contribution is -0.135. The van der Waals surface area contributed by atoms with Gasteiger partial charge in [0.15, 0.2) is 5.76 Å². The van der Waals surface area contributed by atoms with E-state index in [1.807, 2.05) is 24.3 Å². The molecule has 29 heavy (non-hydrogen) atoms. The van der Waals surface area contributed by atoms with Gasteiger partial charge in [-0.2, -0.15) is 0 Å². The van der Waals surface area contributed by atoms with Crippen molar-refractivity contribution in [3.63, 3.8) is 0 Å². The summed E-state index contributed by atoms with van der Waals surface area (Å²) in [5.74, 6) is 1.44. The van der Waals surface area contributed by atoms with Gasteiger partial charge in [0.2, 0.25) is 5.78 Å². The molecule has 0 bridgehead atoms. The lowest BCUT2D eigenvalue weighted by atomic mass is 9.88. The first-order valence-electron chi connectivity index (χ1n) is 9.13. The third kappa shape index (κ3) is 2.89. The van der Waals surface area contributed by atoms with Gasteiger partial charge in [0, 0.05) is 5.56 Å². The Kier molecular flexibility index (Phi) is 3.98. The van der Waals surface area contributed by atoms with E-state index in [1.165, 1.54) is 0 Å². The van der Waals surface area contributed by atoms with Crippen molar-refractivity contribution in [3.8, 4) is 17.2 Å². The monoisotopic (exact) mass is 388 g/mol. The molecule has 1 aromatic heterocycles. The molecule has 6 nitrogen and oxygen atoms in total. The quantitative estimate of drug-likeness (QED) is 0.377. The molecule has 0 spiro atoms. The maximum absolute atomic E-state index is 12.9. The molecule has 0 N–H and O–H groups in total. The second kappa shape index (κ2) is 6.67. The van der Waals surface area contributed by atoms with Gasteiger partial charge < -0.3 is 18.6 Å². The number of ether oxygens (including phenoxy) is 3. The zero-order chi connectivity index (χ0) is 20.0. The number of allylic oxidation sites excluding steroid dienone is 1. The number of Topliss-reactive ketones (excluding diaryl/α,β-unsaturated/α-hetero) is 1. The molecule has 0 radical (unpaired) electrons. The van der Waals surface area contributed by atoms with Crippen LogP contribution in [0.3, 0.4) is 0 Å². The van der Waals surface area contributed by atoms with Crippen LogP contribution in [0, 0.1) is 0 Å². The minimum Gasteiger partial charge on any atom is -0.497 e. The summed E-state index contributed by atoms with van der Waals surface area (Å²) >= 11 is 0. The SMILES string of the molecule is COc1ccc(/C=C2\Oc3c(ccc4c3[C@@H](c3ccco3)CC(=O)O4)C2=O)cc1. The number of carbonyl (C=O) groups is 2. The van der Waals surface area contributed by atoms with Crippen LogP contribution in [0.4, 0.5) is 0 Å². The Morgan fingerprint density at radius 1 is 1.03 bits per heavy atom. The summed E-state index contributed by atoms with van der Waals surface area (Å²) in [6.07, 6.45) is 3.36. The highest BCUT2D eigenvalue weighted by atomic mass is 16.5. The molecule has 2 aliphatic heterocycles. The Morgan fingerprint density at radius 2 is 1.86 bits per heavy atom. The summed E-state index contributed by atoms with van der Waals surface area (Å²) in [7, 11) is 1.60. The van der Waals surface area contributed by atoms with Crippen molar-refractivity contribution in [3.05, 3.63) is 83.0 Å². The van der Waals surface area contributed by atoms with Gasteiger partial charge in [-0.15, -0.1) is 0 Å². The van der Waals surface area contributed by atoms with Gasteiger partial charge in [-0.1, -0.05) is 12.1 Å². The van der Waals surface area contributed by atoms with Crippen molar-refractivity contribution >= 4 is 17.8 Å². The van der Waals surface area contributed by atoms with E-state index in [0.717, 1.165) is 11.3 Å². The molecule has 3 aromatic rings. The van der Waals surface area contributed by atoms with Gasteiger partial charge in [0.25, 0.3) is 0 Å². The number of hydrogen-bond acceptors (Lipinski definition) is 6. The highest BCUT2D eigenvalue weighted by Crippen LogP contribution is 2.49. The van der Waals surface area contributed by atoms with E-state index in [9.17, 15) is 9.59 Å². The smallest absolute Gasteiger partial charge is 0.312 e. The minimum absolute atomic E-state index is 0.117. The molecule has 0 saturated heterocycles. The molecule has 1 atom stereocenters. The molecule has 0 unspecified atom stereocenters. The van der Waals surface area contributed by atoms with Crippen LogP contribution >= 0.6 is 0 Å². The molecule has 2 aromatic carbocycles. The van der Waals surface area contributed by atoms with Crippen LogP contribution in [0.5, 0.6) is 17.2 Å². The van der Waals surface area contributed by atoms with Crippen LogP contribution in [0.15, 0.2) is 65.0 Å². The van der Waals surface area contributed by atoms with E-state index < -0.39 is 0 Å². The van der Waals surface area contributed by atoms with Crippen molar-refractivity contribution in [2.75, 3.05) is 7.11 Å². The highest BCUT2D eigenvalue weighted by molar-refractivity contribution is 6.15. The summed E-state index contributed by atoms with van der Waals surface area (Å²) in [6, 6.07) is 14.1. The minimum atomic E-state index is -0.371. The molecule has 0 aliphatic carbocycles. The first-order chi connectivity index (χ1) is 14.1. The normalized spacial score (nSPS) is 18.8. The van der Waals surface area contributed by atoms with Crippen LogP contribution in [0.2, 0.25) is 0 Å². The Bertz CT molecular complexity index is 1140. The molecule has 3 heterocycles. The van der Waals surface area contributed by atoms with Crippen LogP contribution in [0.25, 0.3) is 6.08 Å². The van der Waals surface area contributed by atoms with Crippen molar-refractivity contribution in [2.45, 2.75) is 12.3 Å². The first kappa shape index (κ1) is 17.3. The fourth-order valence-electron chi connectivity index (χ4n) is 3.69. The Labute approximate surface area is 166 Å². The standard InChI is InChI=1S/C23H16O6/c1-26-14-6-4-13(5-7-14)11-19-22(25)15-8-9-18-21(23(15)29-19)16(12-20(24)28-18)17-3-2-10-27-17/h2-11,16H,12H2,1H3/b19-11-/t16-/m1/s1. The van der Waals surface area contributed by atoms with Crippen molar-refractivity contribution < 1.29 is 28.2 Å². The van der Waals surface area contributed by atoms with Gasteiger partial charge in [-0.3, -0.25) is 9.59 Å². The molecule has 0 fully saturated rings. The summed E-state index contributed by atoms with van der Waals surface area (Å²) in [5.41, 5.74) is 1.91. The van der Waals surface area contributed by atoms with Crippen molar-refractivity contribution in [1.82, 2.24) is 0 Å². The largest absolute Gasteiger partial charge is 0.497 e. The predicted octanol–water partition coefficient (Wildman–Crippen LogP) is 4.35. The van der Waals surface area contributed by atoms with Crippen LogP contribution < -0.4 is 14.2 Å². The highest BCUT2D eigenvalue weighted by Gasteiger charge is 2.39. The zero-order valence-electron chi connectivity index (χ0n) is 15.5. The number of rotatable bonds is 3. The van der Waals surface area contributed by atoms with E-state index in [2.05, 4.69) is 0 Å². The zero-order valence-corrected chi connectivity index (χ0v) is 15.5. The second-order valence-corrected chi connectivity index (χ2v) is 6.81. The summed E-state index contributed by atoms with van der Waals surface area (Å²) in [4.78, 5) is 25.0. The number of carbonyl (C=O) groups excluding carboxylic acids is 2. The second-order valence-electron chi connectivity index (χ2n) is 6.81. The van der Waals surface area contributed by atoms with Gasteiger partial charge in [0.1, 0.15) is 23.0 Å². The molecule has 6 heteroatoms. The van der Waals surface area contributed by atoms with Crippen molar-refractivity contribution in [2.24, 2.45) is 0 Å². The fourth-order valence-corrected chi connectivity index (χ4v) is 3.69. The molecule has 5 rings (SSSR count). The van der Waals surface area contributed by atoms with Gasteiger partial charge >= 0.3 is 5.97 Å². The summed E-state index contributed by atoms with van der Waals surface area (Å²) in [5, 5.41) is 0. The molecular weight excluding hydrogens is 372 g/mol. The Hall–Kier alpha value is -3.80. The van der Waals surface area contributed by atoms with Gasteiger partial charge in [-0.25, -0.2) is 0 Å². The molecule has 0 amide bonds. The first-order valence-corrected chi connectivity index (χ1v) is 9.13. The van der Waals surface area contributed by atoms with Crippen molar-refractivity contribution in [1.29, 1.82) is 0 Å². The van der Waals surface area contributed by atoms with Crippen LogP contribution in [-0.4, -0.2) is 18.9 Å². The van der Waals surface area contributed by atoms with E-state index in [0.29, 0.717) is 28.4 Å². The summed E-state index contributed by atoms with van der Waals surface area (Å²) < 4.78 is 22.1. The molecule has 0 saturated carbocycles. The predicted molar refractivity (Wildman–Crippen MR) is 103 cm³/mol. The topological polar surface area (TPSA) is 75.0 Å². The number of benzene rings is 2. The lowest BCUT2D eigenvalue weighted by Crippen LogP contribution is -2.21. The number of hydrogen-bond donors (Lipinski definition) is 0. The Balaban J connectivity index is 1.57. The van der Waals surface area contributed by atoms with E-state index in [1.54, 1.807) is 43.7 Å². The number of furan rings is 1. The number of esters is 1. The Morgan fingerprint density at radius 3 is 2.59 bits per heavy atom. The molecular formula is C23H16O6. The number of ketones is 1. The van der Waals surface area contributed by atoms with Gasteiger partial charge in [0.05, 0.1) is 31.3 Å². The average molecular weight is 388 g/mol. The number of fused-ring (bicyclic) bond motifs is 3. The van der Waals surface area contributed by atoms with Crippen LogP contribution in [-0.2, 0) is 4.79 Å². The fraction of sp³-hybridized carbons (Fsp3) is 0.130. The van der Waals surface area contributed by atoms with E-state index in [-0.39, 0.29) is 29.9 Å². The lowest BCUT2D eigenvalue weighted by Gasteiger charge is -2.24. The van der Waals surface area contributed by atoms with E-state index >= 15 is 0 Å². The van der Waals surface area contributed by atoms with Gasteiger partial charge in [-0.05, 0) is 48.0 Å². The molecule has 2 aliphatic rings. The third-order valence-electron chi connectivity index (χ3n) is 5.08.